The first-order valence-electron chi connectivity index (χ1n) is 6.67. The van der Waals surface area contributed by atoms with E-state index in [-0.39, 0.29) is 5.15 Å². The highest BCUT2D eigenvalue weighted by Crippen LogP contribution is 2.33. The number of aromatic nitrogens is 3. The minimum Gasteiger partial charge on any atom is -0.465 e. The quantitative estimate of drug-likeness (QED) is 0.811. The van der Waals surface area contributed by atoms with Crippen LogP contribution in [0.15, 0.2) is 18.5 Å². The zero-order valence-corrected chi connectivity index (χ0v) is 13.1. The van der Waals surface area contributed by atoms with E-state index >= 15 is 0 Å². The summed E-state index contributed by atoms with van der Waals surface area (Å²) in [6.45, 7) is 1.74. The van der Waals surface area contributed by atoms with Crippen LogP contribution in [-0.2, 0) is 4.74 Å². The van der Waals surface area contributed by atoms with Crippen LogP contribution in [0.2, 0.25) is 5.15 Å². The first kappa shape index (κ1) is 14.3. The van der Waals surface area contributed by atoms with E-state index in [1.165, 1.54) is 18.4 Å². The molecule has 0 aliphatic carbocycles. The molecular formula is C13H15ClN4O2S. The topological polar surface area (TPSA) is 60.2 Å². The van der Waals surface area contributed by atoms with Gasteiger partial charge in [-0.3, -0.25) is 4.68 Å². The minimum atomic E-state index is -0.435. The van der Waals surface area contributed by atoms with E-state index in [2.05, 4.69) is 15.0 Å². The Kier molecular flexibility index (Phi) is 4.12. The molecule has 6 nitrogen and oxygen atoms in total. The van der Waals surface area contributed by atoms with Crippen molar-refractivity contribution in [3.63, 3.8) is 0 Å². The van der Waals surface area contributed by atoms with Crippen molar-refractivity contribution in [2.24, 2.45) is 0 Å². The molecule has 0 saturated carbocycles. The van der Waals surface area contributed by atoms with Crippen molar-refractivity contribution in [2.75, 3.05) is 25.1 Å². The Morgan fingerprint density at radius 2 is 2.24 bits per heavy atom. The van der Waals surface area contributed by atoms with Crippen LogP contribution in [0.1, 0.15) is 28.6 Å². The number of thiazole rings is 1. The zero-order valence-electron chi connectivity index (χ0n) is 11.5. The Balaban J connectivity index is 1.68. The van der Waals surface area contributed by atoms with Crippen molar-refractivity contribution in [3.8, 4) is 0 Å². The number of halogens is 1. The fraction of sp³-hybridized carbons (Fsp3) is 0.462. The van der Waals surface area contributed by atoms with Crippen LogP contribution in [0.3, 0.4) is 0 Å². The van der Waals surface area contributed by atoms with Crippen molar-refractivity contribution in [1.82, 2.24) is 14.8 Å². The molecule has 0 radical (unpaired) electrons. The number of hydrogen-bond acceptors (Lipinski definition) is 6. The molecule has 1 aliphatic rings. The SMILES string of the molecule is COC(=O)c1sc(N2CCC(n3cccn3)CC2)nc1Cl. The number of esters is 1. The Morgan fingerprint density at radius 3 is 2.86 bits per heavy atom. The van der Waals surface area contributed by atoms with Crippen LogP contribution in [0.4, 0.5) is 5.13 Å². The third-order valence-corrected chi connectivity index (χ3v) is 5.06. The summed E-state index contributed by atoms with van der Waals surface area (Å²) in [6.07, 6.45) is 5.78. The summed E-state index contributed by atoms with van der Waals surface area (Å²) < 4.78 is 6.71. The van der Waals surface area contributed by atoms with Crippen LogP contribution in [0.5, 0.6) is 0 Å². The Hall–Kier alpha value is -1.60. The maximum atomic E-state index is 11.6. The number of piperidine rings is 1. The van der Waals surface area contributed by atoms with Crippen LogP contribution in [-0.4, -0.2) is 40.9 Å². The summed E-state index contributed by atoms with van der Waals surface area (Å²) in [7, 11) is 1.34. The second-order valence-electron chi connectivity index (χ2n) is 4.81. The minimum absolute atomic E-state index is 0.219. The Morgan fingerprint density at radius 1 is 1.48 bits per heavy atom. The van der Waals surface area contributed by atoms with Crippen molar-refractivity contribution in [3.05, 3.63) is 28.5 Å². The maximum absolute atomic E-state index is 11.6. The van der Waals surface area contributed by atoms with Crippen molar-refractivity contribution in [2.45, 2.75) is 18.9 Å². The van der Waals surface area contributed by atoms with Gasteiger partial charge in [-0.2, -0.15) is 5.10 Å². The average Bonchev–Trinajstić information content (AvgIpc) is 3.16. The fourth-order valence-electron chi connectivity index (χ4n) is 2.46. The van der Waals surface area contributed by atoms with Gasteiger partial charge in [-0.25, -0.2) is 9.78 Å². The molecule has 3 rings (SSSR count). The standard InChI is InChI=1S/C13H15ClN4O2S/c1-20-12(19)10-11(14)16-13(21-10)17-7-3-9(4-8-17)18-6-2-5-15-18/h2,5-6,9H,3-4,7-8H2,1H3. The smallest absolute Gasteiger partial charge is 0.351 e. The van der Waals surface area contributed by atoms with Gasteiger partial charge in [0.1, 0.15) is 0 Å². The lowest BCUT2D eigenvalue weighted by Gasteiger charge is -2.31. The lowest BCUT2D eigenvalue weighted by atomic mass is 10.1. The highest BCUT2D eigenvalue weighted by Gasteiger charge is 2.25. The van der Waals surface area contributed by atoms with Crippen molar-refractivity contribution < 1.29 is 9.53 Å². The second-order valence-corrected chi connectivity index (χ2v) is 6.15. The molecule has 1 fully saturated rings. The predicted octanol–water partition coefficient (Wildman–Crippen LogP) is 2.62. The van der Waals surface area contributed by atoms with E-state index in [0.717, 1.165) is 31.1 Å². The van der Waals surface area contributed by atoms with E-state index in [1.54, 1.807) is 6.20 Å². The van der Waals surface area contributed by atoms with E-state index < -0.39 is 5.97 Å². The van der Waals surface area contributed by atoms with Gasteiger partial charge in [0.05, 0.1) is 13.2 Å². The molecular weight excluding hydrogens is 312 g/mol. The number of carbonyl (C=O) groups is 1. The summed E-state index contributed by atoms with van der Waals surface area (Å²) in [5.74, 6) is -0.435. The normalized spacial score (nSPS) is 16.2. The molecule has 2 aromatic heterocycles. The second kappa shape index (κ2) is 6.03. The Labute approximate surface area is 131 Å². The van der Waals surface area contributed by atoms with Gasteiger partial charge in [-0.05, 0) is 18.9 Å². The highest BCUT2D eigenvalue weighted by molar-refractivity contribution is 7.18. The molecule has 0 spiro atoms. The van der Waals surface area contributed by atoms with Gasteiger partial charge in [-0.15, -0.1) is 0 Å². The summed E-state index contributed by atoms with van der Waals surface area (Å²) in [5.41, 5.74) is 0. The number of methoxy groups -OCH3 is 1. The number of carbonyl (C=O) groups excluding carboxylic acids is 1. The van der Waals surface area contributed by atoms with Gasteiger partial charge in [0.25, 0.3) is 0 Å². The van der Waals surface area contributed by atoms with E-state index in [0.29, 0.717) is 10.9 Å². The van der Waals surface area contributed by atoms with E-state index in [4.69, 9.17) is 16.3 Å². The number of nitrogens with zero attached hydrogens (tertiary/aromatic N) is 4. The molecule has 0 atom stereocenters. The van der Waals surface area contributed by atoms with Gasteiger partial charge >= 0.3 is 5.97 Å². The zero-order chi connectivity index (χ0) is 14.8. The average molecular weight is 327 g/mol. The molecule has 3 heterocycles. The molecule has 21 heavy (non-hydrogen) atoms. The molecule has 112 valence electrons. The summed E-state index contributed by atoms with van der Waals surface area (Å²) in [4.78, 5) is 18.4. The molecule has 1 aliphatic heterocycles. The molecule has 0 unspecified atom stereocenters. The van der Waals surface area contributed by atoms with Crippen LogP contribution < -0.4 is 4.90 Å². The highest BCUT2D eigenvalue weighted by atomic mass is 35.5. The third kappa shape index (κ3) is 2.89. The van der Waals surface area contributed by atoms with Gasteiger partial charge in [0.2, 0.25) is 0 Å². The van der Waals surface area contributed by atoms with E-state index in [9.17, 15) is 4.79 Å². The van der Waals surface area contributed by atoms with Crippen LogP contribution in [0, 0.1) is 0 Å². The third-order valence-electron chi connectivity index (χ3n) is 3.58. The molecule has 0 bridgehead atoms. The number of anilines is 1. The largest absolute Gasteiger partial charge is 0.465 e. The summed E-state index contributed by atoms with van der Waals surface area (Å²) in [5, 5.41) is 5.29. The summed E-state index contributed by atoms with van der Waals surface area (Å²) in [6, 6.07) is 2.36. The van der Waals surface area contributed by atoms with Crippen molar-refractivity contribution in [1.29, 1.82) is 0 Å². The van der Waals surface area contributed by atoms with Crippen LogP contribution >= 0.6 is 22.9 Å². The maximum Gasteiger partial charge on any atom is 0.351 e. The first-order chi connectivity index (χ1) is 10.2. The molecule has 0 amide bonds. The van der Waals surface area contributed by atoms with Crippen LogP contribution in [0.25, 0.3) is 0 Å². The number of rotatable bonds is 3. The molecule has 1 saturated heterocycles. The lowest BCUT2D eigenvalue weighted by molar-refractivity contribution is 0.0606. The number of ether oxygens (including phenoxy) is 1. The van der Waals surface area contributed by atoms with Crippen molar-refractivity contribution >= 4 is 34.0 Å². The van der Waals surface area contributed by atoms with Gasteiger partial charge in [0.15, 0.2) is 15.2 Å². The summed E-state index contributed by atoms with van der Waals surface area (Å²) >= 11 is 7.29. The van der Waals surface area contributed by atoms with Gasteiger partial charge in [0, 0.05) is 25.5 Å². The number of hydrogen-bond donors (Lipinski definition) is 0. The van der Waals surface area contributed by atoms with E-state index in [1.807, 2.05) is 16.9 Å². The first-order valence-corrected chi connectivity index (χ1v) is 7.87. The fourth-order valence-corrected chi connectivity index (χ4v) is 3.71. The van der Waals surface area contributed by atoms with Gasteiger partial charge < -0.3 is 9.64 Å². The monoisotopic (exact) mass is 326 g/mol. The molecule has 0 aromatic carbocycles. The lowest BCUT2D eigenvalue weighted by Crippen LogP contribution is -2.34. The molecule has 0 N–H and O–H groups in total. The Bertz CT molecular complexity index is 620. The van der Waals surface area contributed by atoms with Gasteiger partial charge in [-0.1, -0.05) is 22.9 Å². The molecule has 8 heteroatoms. The molecule has 2 aromatic rings. The predicted molar refractivity (Wildman–Crippen MR) is 81.2 cm³/mol.